The highest BCUT2D eigenvalue weighted by Gasteiger charge is 2.30. The summed E-state index contributed by atoms with van der Waals surface area (Å²) < 4.78 is 32.3. The molecular formula is C23H26N4O4S2. The molecule has 8 nitrogen and oxygen atoms in total. The molecule has 0 fully saturated rings. The number of hydrogen-bond acceptors (Lipinski definition) is 7. The average molecular weight is 487 g/mol. The summed E-state index contributed by atoms with van der Waals surface area (Å²) in [5, 5.41) is 4.62. The molecule has 0 atom stereocenters. The van der Waals surface area contributed by atoms with E-state index in [0.717, 1.165) is 22.7 Å². The van der Waals surface area contributed by atoms with Crippen molar-refractivity contribution in [3.8, 4) is 0 Å². The van der Waals surface area contributed by atoms with E-state index < -0.39 is 10.0 Å². The molecule has 2 aromatic heterocycles. The minimum absolute atomic E-state index is 0.153. The monoisotopic (exact) mass is 486 g/mol. The summed E-state index contributed by atoms with van der Waals surface area (Å²) >= 11 is 1.43. The molecule has 1 aliphatic rings. The predicted molar refractivity (Wildman–Crippen MR) is 127 cm³/mol. The highest BCUT2D eigenvalue weighted by molar-refractivity contribution is 7.98. The number of sulfonamides is 1. The molecule has 10 heteroatoms. The lowest BCUT2D eigenvalue weighted by Crippen LogP contribution is -2.31. The van der Waals surface area contributed by atoms with Crippen LogP contribution in [0.1, 0.15) is 41.2 Å². The Kier molecular flexibility index (Phi) is 6.87. The van der Waals surface area contributed by atoms with Gasteiger partial charge in [-0.05, 0) is 49.2 Å². The van der Waals surface area contributed by atoms with E-state index in [1.807, 2.05) is 26.8 Å². The van der Waals surface area contributed by atoms with Crippen molar-refractivity contribution in [3.63, 3.8) is 0 Å². The van der Waals surface area contributed by atoms with Gasteiger partial charge in [0.2, 0.25) is 10.0 Å². The molecule has 0 saturated carbocycles. The van der Waals surface area contributed by atoms with Gasteiger partial charge < -0.3 is 9.42 Å². The second kappa shape index (κ2) is 9.66. The van der Waals surface area contributed by atoms with Crippen LogP contribution in [-0.2, 0) is 22.2 Å². The molecule has 0 bridgehead atoms. The van der Waals surface area contributed by atoms with Crippen LogP contribution >= 0.6 is 11.8 Å². The maximum atomic E-state index is 13.4. The molecule has 0 saturated heterocycles. The minimum Gasteiger partial charge on any atom is -0.361 e. The molecular weight excluding hydrogens is 460 g/mol. The molecule has 3 heterocycles. The third-order valence-corrected chi connectivity index (χ3v) is 8.65. The minimum atomic E-state index is -3.55. The van der Waals surface area contributed by atoms with Gasteiger partial charge in [0.25, 0.3) is 5.91 Å². The van der Waals surface area contributed by atoms with E-state index in [-0.39, 0.29) is 10.8 Å². The average Bonchev–Trinajstić information content (AvgIpc) is 3.43. The second-order valence-corrected chi connectivity index (χ2v) is 10.6. The first-order valence-electron chi connectivity index (χ1n) is 10.8. The Morgan fingerprint density at radius 2 is 2.00 bits per heavy atom. The van der Waals surface area contributed by atoms with Crippen molar-refractivity contribution in [2.24, 2.45) is 0 Å². The molecule has 3 aromatic rings. The van der Waals surface area contributed by atoms with E-state index in [4.69, 9.17) is 4.52 Å². The van der Waals surface area contributed by atoms with Crippen LogP contribution in [0.25, 0.3) is 0 Å². The Bertz CT molecular complexity index is 1270. The Morgan fingerprint density at radius 3 is 2.70 bits per heavy atom. The van der Waals surface area contributed by atoms with Gasteiger partial charge in [-0.2, -0.15) is 4.31 Å². The lowest BCUT2D eigenvalue weighted by Gasteiger charge is -2.20. The van der Waals surface area contributed by atoms with Crippen molar-refractivity contribution in [2.45, 2.75) is 42.9 Å². The number of amides is 1. The molecule has 4 rings (SSSR count). The van der Waals surface area contributed by atoms with Crippen LogP contribution in [0.2, 0.25) is 0 Å². The van der Waals surface area contributed by atoms with Crippen LogP contribution in [0.4, 0.5) is 5.69 Å². The summed E-state index contributed by atoms with van der Waals surface area (Å²) in [7, 11) is -3.55. The second-order valence-electron chi connectivity index (χ2n) is 7.66. The van der Waals surface area contributed by atoms with Crippen LogP contribution in [0.3, 0.4) is 0 Å². The first kappa shape index (κ1) is 23.5. The summed E-state index contributed by atoms with van der Waals surface area (Å²) in [5.74, 6) is 1.12. The largest absolute Gasteiger partial charge is 0.361 e. The van der Waals surface area contributed by atoms with Crippen molar-refractivity contribution in [1.82, 2.24) is 14.4 Å². The molecule has 0 spiro atoms. The van der Waals surface area contributed by atoms with Crippen molar-refractivity contribution < 1.29 is 17.7 Å². The molecule has 174 valence electrons. The first-order chi connectivity index (χ1) is 15.8. The van der Waals surface area contributed by atoms with Crippen LogP contribution < -0.4 is 4.90 Å². The van der Waals surface area contributed by atoms with Crippen LogP contribution in [0, 0.1) is 6.92 Å². The SMILES string of the molecule is CCN(CC)S(=O)(=O)c1ccc2c(c1)CCN2C(=O)c1cccnc1SCc1cc(C)on1. The number of hydrogen-bond donors (Lipinski definition) is 0. The highest BCUT2D eigenvalue weighted by Crippen LogP contribution is 2.34. The number of pyridine rings is 1. The topological polar surface area (TPSA) is 96.6 Å². The standard InChI is InChI=1S/C23H26N4O4S2/c1-4-26(5-2)33(29,30)19-8-9-21-17(14-19)10-12-27(21)23(28)20-7-6-11-24-22(20)32-15-18-13-16(3)31-25-18/h6-9,11,13-14H,4-5,10,12,15H2,1-3H3. The number of carbonyl (C=O) groups is 1. The molecule has 1 aliphatic heterocycles. The van der Waals surface area contributed by atoms with Gasteiger partial charge in [-0.1, -0.05) is 30.8 Å². The summed E-state index contributed by atoms with van der Waals surface area (Å²) in [5.41, 5.74) is 2.89. The molecule has 33 heavy (non-hydrogen) atoms. The number of aryl methyl sites for hydroxylation is 1. The molecule has 0 aliphatic carbocycles. The normalized spacial score (nSPS) is 13.5. The first-order valence-corrected chi connectivity index (χ1v) is 13.2. The Labute approximate surface area is 198 Å². The zero-order chi connectivity index (χ0) is 23.6. The molecule has 1 amide bonds. The van der Waals surface area contributed by atoms with Crippen LogP contribution in [0.5, 0.6) is 0 Å². The van der Waals surface area contributed by atoms with Gasteiger partial charge in [0.15, 0.2) is 0 Å². The Hall–Kier alpha value is -2.69. The zero-order valence-corrected chi connectivity index (χ0v) is 20.4. The van der Waals surface area contributed by atoms with Gasteiger partial charge in [-0.15, -0.1) is 0 Å². The van der Waals surface area contributed by atoms with E-state index in [2.05, 4.69) is 10.1 Å². The highest BCUT2D eigenvalue weighted by atomic mass is 32.2. The predicted octanol–water partition coefficient (Wildman–Crippen LogP) is 3.90. The summed E-state index contributed by atoms with van der Waals surface area (Å²) in [6.45, 7) is 6.79. The fraction of sp³-hybridized carbons (Fsp3) is 0.348. The molecule has 0 radical (unpaired) electrons. The van der Waals surface area contributed by atoms with Gasteiger partial charge in [0, 0.05) is 43.3 Å². The third kappa shape index (κ3) is 4.68. The van der Waals surface area contributed by atoms with Gasteiger partial charge in [0.05, 0.1) is 16.2 Å². The van der Waals surface area contributed by atoms with Gasteiger partial charge in [0.1, 0.15) is 10.8 Å². The summed E-state index contributed by atoms with van der Waals surface area (Å²) in [4.78, 5) is 19.8. The lowest BCUT2D eigenvalue weighted by molar-refractivity contribution is 0.0986. The van der Waals surface area contributed by atoms with Gasteiger partial charge in [-0.3, -0.25) is 4.79 Å². The Balaban J connectivity index is 1.57. The van der Waals surface area contributed by atoms with Crippen molar-refractivity contribution in [2.75, 3.05) is 24.5 Å². The maximum Gasteiger partial charge on any atom is 0.261 e. The Morgan fingerprint density at radius 1 is 1.21 bits per heavy atom. The smallest absolute Gasteiger partial charge is 0.261 e. The third-order valence-electron chi connectivity index (χ3n) is 5.57. The number of thioether (sulfide) groups is 1. The molecule has 1 aromatic carbocycles. The lowest BCUT2D eigenvalue weighted by atomic mass is 10.2. The van der Waals surface area contributed by atoms with E-state index in [1.165, 1.54) is 16.1 Å². The summed E-state index contributed by atoms with van der Waals surface area (Å²) in [6.07, 6.45) is 2.26. The van der Waals surface area contributed by atoms with Crippen molar-refractivity contribution in [3.05, 3.63) is 65.2 Å². The van der Waals surface area contributed by atoms with Gasteiger partial charge in [-0.25, -0.2) is 13.4 Å². The number of rotatable bonds is 8. The molecule has 0 unspecified atom stereocenters. The number of anilines is 1. The number of benzene rings is 1. The number of fused-ring (bicyclic) bond motifs is 1. The van der Waals surface area contributed by atoms with Crippen molar-refractivity contribution >= 4 is 33.4 Å². The van der Waals surface area contributed by atoms with E-state index in [1.54, 1.807) is 41.4 Å². The van der Waals surface area contributed by atoms with E-state index in [0.29, 0.717) is 42.4 Å². The van der Waals surface area contributed by atoms with Crippen LogP contribution in [-0.4, -0.2) is 48.4 Å². The van der Waals surface area contributed by atoms with Gasteiger partial charge >= 0.3 is 0 Å². The van der Waals surface area contributed by atoms with E-state index >= 15 is 0 Å². The molecule has 0 N–H and O–H groups in total. The fourth-order valence-corrected chi connectivity index (χ4v) is 6.28. The number of nitrogens with zero attached hydrogens (tertiary/aromatic N) is 4. The number of carbonyl (C=O) groups excluding carboxylic acids is 1. The number of aromatic nitrogens is 2. The maximum absolute atomic E-state index is 13.4. The summed E-state index contributed by atoms with van der Waals surface area (Å²) in [6, 6.07) is 10.4. The van der Waals surface area contributed by atoms with Crippen molar-refractivity contribution in [1.29, 1.82) is 0 Å². The van der Waals surface area contributed by atoms with Crippen LogP contribution in [0.15, 0.2) is 57.0 Å². The quantitative estimate of drug-likeness (QED) is 0.446. The fourth-order valence-electron chi connectivity index (χ4n) is 3.90. The zero-order valence-electron chi connectivity index (χ0n) is 18.8. The van der Waals surface area contributed by atoms with E-state index in [9.17, 15) is 13.2 Å².